The quantitative estimate of drug-likeness (QED) is 0.508. The van der Waals surface area contributed by atoms with Crippen molar-refractivity contribution in [3.05, 3.63) is 54.9 Å². The summed E-state index contributed by atoms with van der Waals surface area (Å²) in [5.41, 5.74) is 1.48. The Hall–Kier alpha value is -3.88. The fourth-order valence-corrected chi connectivity index (χ4v) is 3.76. The van der Waals surface area contributed by atoms with Gasteiger partial charge in [0.05, 0.1) is 6.10 Å². The molecule has 1 amide bonds. The molecule has 178 valence electrons. The van der Waals surface area contributed by atoms with Crippen molar-refractivity contribution in [1.82, 2.24) is 15.0 Å². The number of ether oxygens (including phenoxy) is 2. The third-order valence-electron chi connectivity index (χ3n) is 5.23. The Morgan fingerprint density at radius 1 is 1.03 bits per heavy atom. The molecule has 1 aliphatic rings. The summed E-state index contributed by atoms with van der Waals surface area (Å²) in [6.07, 6.45) is 3.40. The number of carbonyl (C=O) groups is 1. The van der Waals surface area contributed by atoms with Crippen molar-refractivity contribution in [2.24, 2.45) is 0 Å². The number of nitrogens with one attached hydrogen (secondary N) is 2. The van der Waals surface area contributed by atoms with E-state index < -0.39 is 0 Å². The summed E-state index contributed by atoms with van der Waals surface area (Å²) >= 11 is 0. The summed E-state index contributed by atoms with van der Waals surface area (Å²) in [7, 11) is 0. The van der Waals surface area contributed by atoms with Crippen molar-refractivity contribution >= 4 is 29.2 Å². The number of piperidine rings is 1. The molecule has 3 aromatic rings. The second-order valence-electron chi connectivity index (χ2n) is 8.41. The zero-order chi connectivity index (χ0) is 23.9. The number of benzene rings is 2. The maximum Gasteiger partial charge on any atom is 0.231 e. The van der Waals surface area contributed by atoms with Gasteiger partial charge in [0.15, 0.2) is 11.5 Å². The minimum absolute atomic E-state index is 0.0890. The molecular weight excluding hydrogens is 432 g/mol. The molecule has 0 radical (unpaired) electrons. The van der Waals surface area contributed by atoms with E-state index in [1.807, 2.05) is 62.4 Å². The number of amides is 1. The second kappa shape index (κ2) is 10.8. The number of aromatic nitrogens is 3. The monoisotopic (exact) mass is 462 g/mol. The molecule has 0 atom stereocenters. The summed E-state index contributed by atoms with van der Waals surface area (Å²) in [5.74, 6) is 2.50. The molecule has 4 rings (SSSR count). The van der Waals surface area contributed by atoms with E-state index in [9.17, 15) is 4.79 Å². The number of rotatable bonds is 8. The van der Waals surface area contributed by atoms with E-state index in [0.29, 0.717) is 17.6 Å². The van der Waals surface area contributed by atoms with Crippen LogP contribution in [0.3, 0.4) is 0 Å². The van der Waals surface area contributed by atoms with E-state index >= 15 is 0 Å². The minimum Gasteiger partial charge on any atom is -0.487 e. The van der Waals surface area contributed by atoms with Crippen LogP contribution in [0, 0.1) is 0 Å². The molecule has 1 aromatic heterocycles. The van der Waals surface area contributed by atoms with Crippen LogP contribution in [0.15, 0.2) is 54.9 Å². The summed E-state index contributed by atoms with van der Waals surface area (Å²) in [6.45, 7) is 7.04. The molecule has 9 nitrogen and oxygen atoms in total. The Morgan fingerprint density at radius 3 is 2.50 bits per heavy atom. The summed E-state index contributed by atoms with van der Waals surface area (Å²) in [4.78, 5) is 26.6. The molecule has 2 aromatic carbocycles. The van der Waals surface area contributed by atoms with Gasteiger partial charge >= 0.3 is 0 Å². The van der Waals surface area contributed by atoms with Gasteiger partial charge in [-0.15, -0.1) is 0 Å². The standard InChI is InChI=1S/C25H30N6O3/c1-17(2)33-22-9-4-5-10-23(22)34-21-11-13-31(14-12-21)25-27-16-26-24(30-25)29-20-8-6-7-19(15-20)28-18(3)32/h4-10,15-17,21H,11-14H2,1-3H3,(H,28,32)(H,26,27,29,30). The van der Waals surface area contributed by atoms with Gasteiger partial charge in [0.1, 0.15) is 12.4 Å². The van der Waals surface area contributed by atoms with Crippen molar-refractivity contribution in [1.29, 1.82) is 0 Å². The topological polar surface area (TPSA) is 102 Å². The van der Waals surface area contributed by atoms with Crippen molar-refractivity contribution in [3.63, 3.8) is 0 Å². The molecule has 1 aliphatic heterocycles. The average Bonchev–Trinajstić information content (AvgIpc) is 2.80. The summed E-state index contributed by atoms with van der Waals surface area (Å²) < 4.78 is 12.1. The predicted molar refractivity (Wildman–Crippen MR) is 132 cm³/mol. The summed E-state index contributed by atoms with van der Waals surface area (Å²) in [6, 6.07) is 15.2. The minimum atomic E-state index is -0.122. The zero-order valence-electron chi connectivity index (χ0n) is 19.7. The van der Waals surface area contributed by atoms with E-state index in [2.05, 4.69) is 30.5 Å². The molecule has 0 spiro atoms. The maximum absolute atomic E-state index is 11.3. The molecular formula is C25H30N6O3. The molecule has 34 heavy (non-hydrogen) atoms. The number of nitrogens with zero attached hydrogens (tertiary/aromatic N) is 4. The van der Waals surface area contributed by atoms with Crippen LogP contribution in [0.25, 0.3) is 0 Å². The third kappa shape index (κ3) is 6.34. The molecule has 1 saturated heterocycles. The third-order valence-corrected chi connectivity index (χ3v) is 5.23. The van der Waals surface area contributed by atoms with E-state index in [4.69, 9.17) is 9.47 Å². The second-order valence-corrected chi connectivity index (χ2v) is 8.41. The van der Waals surface area contributed by atoms with Crippen LogP contribution in [-0.4, -0.2) is 46.2 Å². The fraction of sp³-hybridized carbons (Fsp3) is 0.360. The Kier molecular flexibility index (Phi) is 7.41. The van der Waals surface area contributed by atoms with Gasteiger partial charge in [0.2, 0.25) is 17.8 Å². The van der Waals surface area contributed by atoms with Crippen LogP contribution in [-0.2, 0) is 4.79 Å². The molecule has 0 saturated carbocycles. The highest BCUT2D eigenvalue weighted by Gasteiger charge is 2.23. The van der Waals surface area contributed by atoms with E-state index in [1.165, 1.54) is 13.3 Å². The van der Waals surface area contributed by atoms with Gasteiger partial charge < -0.3 is 25.0 Å². The molecule has 0 bridgehead atoms. The lowest BCUT2D eigenvalue weighted by atomic mass is 10.1. The normalized spacial score (nSPS) is 14.1. The highest BCUT2D eigenvalue weighted by Crippen LogP contribution is 2.30. The highest BCUT2D eigenvalue weighted by molar-refractivity contribution is 5.89. The molecule has 1 fully saturated rings. The number of carbonyl (C=O) groups excluding carboxylic acids is 1. The SMILES string of the molecule is CC(=O)Nc1cccc(Nc2ncnc(N3CCC(Oc4ccccc4OC(C)C)CC3)n2)c1. The largest absolute Gasteiger partial charge is 0.487 e. The first-order chi connectivity index (χ1) is 16.5. The van der Waals surface area contributed by atoms with Crippen molar-refractivity contribution in [2.45, 2.75) is 45.8 Å². The first-order valence-electron chi connectivity index (χ1n) is 11.5. The van der Waals surface area contributed by atoms with Crippen LogP contribution >= 0.6 is 0 Å². The van der Waals surface area contributed by atoms with Gasteiger partial charge in [-0.2, -0.15) is 4.98 Å². The first kappa shape index (κ1) is 23.3. The molecule has 2 N–H and O–H groups in total. The van der Waals surface area contributed by atoms with Crippen molar-refractivity contribution in [2.75, 3.05) is 28.6 Å². The molecule has 2 heterocycles. The first-order valence-corrected chi connectivity index (χ1v) is 11.5. The van der Waals surface area contributed by atoms with Gasteiger partial charge in [0.25, 0.3) is 0 Å². The summed E-state index contributed by atoms with van der Waals surface area (Å²) in [5, 5.41) is 5.95. The van der Waals surface area contributed by atoms with Gasteiger partial charge in [-0.3, -0.25) is 4.79 Å². The Balaban J connectivity index is 1.36. The van der Waals surface area contributed by atoms with Gasteiger partial charge in [-0.05, 0) is 44.2 Å². The van der Waals surface area contributed by atoms with Crippen LogP contribution < -0.4 is 25.0 Å². The number of hydrogen-bond donors (Lipinski definition) is 2. The van der Waals surface area contributed by atoms with Crippen LogP contribution in [0.1, 0.15) is 33.6 Å². The lowest BCUT2D eigenvalue weighted by Gasteiger charge is -2.32. The van der Waals surface area contributed by atoms with E-state index in [0.717, 1.165) is 43.1 Å². The van der Waals surface area contributed by atoms with Crippen LogP contribution in [0.5, 0.6) is 11.5 Å². The van der Waals surface area contributed by atoms with E-state index in [1.54, 1.807) is 0 Å². The zero-order valence-corrected chi connectivity index (χ0v) is 19.7. The van der Waals surface area contributed by atoms with Crippen LogP contribution in [0.4, 0.5) is 23.3 Å². The van der Waals surface area contributed by atoms with Gasteiger partial charge in [-0.1, -0.05) is 18.2 Å². The Morgan fingerprint density at radius 2 is 1.76 bits per heavy atom. The number of hydrogen-bond acceptors (Lipinski definition) is 8. The van der Waals surface area contributed by atoms with Gasteiger partial charge in [0, 0.05) is 44.2 Å². The number of para-hydroxylation sites is 2. The molecule has 0 aliphatic carbocycles. The van der Waals surface area contributed by atoms with Gasteiger partial charge in [-0.25, -0.2) is 9.97 Å². The average molecular weight is 463 g/mol. The maximum atomic E-state index is 11.3. The lowest BCUT2D eigenvalue weighted by molar-refractivity contribution is -0.114. The highest BCUT2D eigenvalue weighted by atomic mass is 16.5. The smallest absolute Gasteiger partial charge is 0.231 e. The predicted octanol–water partition coefficient (Wildman–Crippen LogP) is 4.41. The van der Waals surface area contributed by atoms with Crippen molar-refractivity contribution in [3.8, 4) is 11.5 Å². The molecule has 0 unspecified atom stereocenters. The Labute approximate surface area is 199 Å². The molecule has 9 heteroatoms. The van der Waals surface area contributed by atoms with Crippen molar-refractivity contribution < 1.29 is 14.3 Å². The Bertz CT molecular complexity index is 1120. The van der Waals surface area contributed by atoms with Crippen LogP contribution in [0.2, 0.25) is 0 Å². The van der Waals surface area contributed by atoms with E-state index in [-0.39, 0.29) is 18.1 Å². The lowest BCUT2D eigenvalue weighted by Crippen LogP contribution is -2.39. The number of anilines is 4. The fourth-order valence-electron chi connectivity index (χ4n) is 3.76.